The first-order chi connectivity index (χ1) is 10.5. The van der Waals surface area contributed by atoms with E-state index in [1.165, 1.54) is 12.1 Å². The zero-order valence-corrected chi connectivity index (χ0v) is 14.2. The number of benzene rings is 1. The van der Waals surface area contributed by atoms with Crippen molar-refractivity contribution in [2.24, 2.45) is 0 Å². The summed E-state index contributed by atoms with van der Waals surface area (Å²) in [5, 5.41) is 3.24. The van der Waals surface area contributed by atoms with E-state index in [1.54, 1.807) is 6.07 Å². The average Bonchev–Trinajstić information content (AvgIpc) is 2.83. The van der Waals surface area contributed by atoms with Crippen molar-refractivity contribution in [3.05, 3.63) is 50.7 Å². The molecule has 1 unspecified atom stereocenters. The van der Waals surface area contributed by atoms with Gasteiger partial charge in [0.05, 0.1) is 0 Å². The molecule has 0 aliphatic heterocycles. The second kappa shape index (κ2) is 7.90. The van der Waals surface area contributed by atoms with E-state index in [2.05, 4.69) is 9.69 Å². The Morgan fingerprint density at radius 3 is 2.82 bits per heavy atom. The van der Waals surface area contributed by atoms with Crippen molar-refractivity contribution in [2.75, 3.05) is 0 Å². The standard InChI is InChI=1S/C15H15Cl2FN2OS/c1-2-11(7-6-9-4-3-5-10(18)8-9)19-15(21)13-12(16)14(17)20-22-13/h3-5,8,11H,2,6-7H2,1H3,(H,19,21). The Hall–Kier alpha value is -1.17. The Kier molecular flexibility index (Phi) is 6.17. The molecule has 22 heavy (non-hydrogen) atoms. The van der Waals surface area contributed by atoms with Crippen LogP contribution >= 0.6 is 34.7 Å². The Morgan fingerprint density at radius 1 is 1.45 bits per heavy atom. The van der Waals surface area contributed by atoms with Crippen LogP contribution in [0.4, 0.5) is 4.39 Å². The maximum absolute atomic E-state index is 13.1. The Morgan fingerprint density at radius 2 is 2.23 bits per heavy atom. The van der Waals surface area contributed by atoms with Crippen molar-refractivity contribution in [3.63, 3.8) is 0 Å². The van der Waals surface area contributed by atoms with Crippen LogP contribution in [-0.2, 0) is 6.42 Å². The molecule has 118 valence electrons. The van der Waals surface area contributed by atoms with Gasteiger partial charge < -0.3 is 5.32 Å². The monoisotopic (exact) mass is 360 g/mol. The van der Waals surface area contributed by atoms with Gasteiger partial charge in [0.15, 0.2) is 5.15 Å². The van der Waals surface area contributed by atoms with E-state index in [-0.39, 0.29) is 27.9 Å². The van der Waals surface area contributed by atoms with Gasteiger partial charge in [0.1, 0.15) is 15.7 Å². The minimum absolute atomic E-state index is 0.0206. The van der Waals surface area contributed by atoms with E-state index in [0.717, 1.165) is 29.9 Å². The van der Waals surface area contributed by atoms with Crippen LogP contribution in [0.1, 0.15) is 35.0 Å². The average molecular weight is 361 g/mol. The van der Waals surface area contributed by atoms with Crippen LogP contribution in [0, 0.1) is 5.82 Å². The molecule has 0 saturated carbocycles. The van der Waals surface area contributed by atoms with Gasteiger partial charge in [0.2, 0.25) is 0 Å². The lowest BCUT2D eigenvalue weighted by molar-refractivity contribution is 0.0938. The van der Waals surface area contributed by atoms with Crippen LogP contribution in [0.3, 0.4) is 0 Å². The molecule has 0 aliphatic rings. The molecular formula is C15H15Cl2FN2OS. The highest BCUT2D eigenvalue weighted by Crippen LogP contribution is 2.28. The lowest BCUT2D eigenvalue weighted by atomic mass is 10.0. The summed E-state index contributed by atoms with van der Waals surface area (Å²) >= 11 is 12.7. The van der Waals surface area contributed by atoms with Gasteiger partial charge in [-0.1, -0.05) is 42.3 Å². The number of amides is 1. The predicted molar refractivity (Wildman–Crippen MR) is 88.4 cm³/mol. The third-order valence-corrected chi connectivity index (χ3v) is 5.10. The molecule has 1 N–H and O–H groups in total. The molecule has 7 heteroatoms. The number of carbonyl (C=O) groups is 1. The first kappa shape index (κ1) is 17.2. The van der Waals surface area contributed by atoms with E-state index in [0.29, 0.717) is 11.3 Å². The van der Waals surface area contributed by atoms with Crippen molar-refractivity contribution in [1.82, 2.24) is 9.69 Å². The first-order valence-electron chi connectivity index (χ1n) is 6.87. The van der Waals surface area contributed by atoms with E-state index in [1.807, 2.05) is 13.0 Å². The van der Waals surface area contributed by atoms with Gasteiger partial charge in [-0.05, 0) is 48.5 Å². The van der Waals surface area contributed by atoms with Crippen molar-refractivity contribution < 1.29 is 9.18 Å². The third kappa shape index (κ3) is 4.41. The molecule has 3 nitrogen and oxygen atoms in total. The molecule has 0 spiro atoms. The summed E-state index contributed by atoms with van der Waals surface area (Å²) in [4.78, 5) is 12.5. The summed E-state index contributed by atoms with van der Waals surface area (Å²) in [6.45, 7) is 1.98. The lowest BCUT2D eigenvalue weighted by Gasteiger charge is -2.16. The molecular weight excluding hydrogens is 346 g/mol. The van der Waals surface area contributed by atoms with Crippen LogP contribution in [0.25, 0.3) is 0 Å². The second-order valence-electron chi connectivity index (χ2n) is 4.86. The quantitative estimate of drug-likeness (QED) is 0.808. The topological polar surface area (TPSA) is 42.0 Å². The summed E-state index contributed by atoms with van der Waals surface area (Å²) in [6.07, 6.45) is 2.18. The Balaban J connectivity index is 1.94. The molecule has 0 bridgehead atoms. The van der Waals surface area contributed by atoms with Crippen LogP contribution < -0.4 is 5.32 Å². The van der Waals surface area contributed by atoms with Crippen LogP contribution in [-0.4, -0.2) is 16.3 Å². The minimum Gasteiger partial charge on any atom is -0.349 e. The first-order valence-corrected chi connectivity index (χ1v) is 8.40. The third-order valence-electron chi connectivity index (χ3n) is 3.30. The summed E-state index contributed by atoms with van der Waals surface area (Å²) in [7, 11) is 0. The summed E-state index contributed by atoms with van der Waals surface area (Å²) in [5.74, 6) is -0.527. The van der Waals surface area contributed by atoms with E-state index in [4.69, 9.17) is 23.2 Å². The zero-order chi connectivity index (χ0) is 16.1. The van der Waals surface area contributed by atoms with Crippen LogP contribution in [0.5, 0.6) is 0 Å². The van der Waals surface area contributed by atoms with E-state index < -0.39 is 0 Å². The number of hydrogen-bond donors (Lipinski definition) is 1. The number of rotatable bonds is 6. The molecule has 0 aliphatic carbocycles. The van der Waals surface area contributed by atoms with Gasteiger partial charge in [0, 0.05) is 6.04 Å². The van der Waals surface area contributed by atoms with Crippen LogP contribution in [0.15, 0.2) is 24.3 Å². The van der Waals surface area contributed by atoms with Gasteiger partial charge in [-0.15, -0.1) is 0 Å². The maximum Gasteiger partial charge on any atom is 0.264 e. The highest BCUT2D eigenvalue weighted by molar-refractivity contribution is 7.09. The molecule has 2 rings (SSSR count). The smallest absolute Gasteiger partial charge is 0.264 e. The van der Waals surface area contributed by atoms with Gasteiger partial charge in [-0.2, -0.15) is 4.37 Å². The summed E-state index contributed by atoms with van der Waals surface area (Å²) in [6, 6.07) is 6.46. The Bertz CT molecular complexity index is 663. The van der Waals surface area contributed by atoms with Crippen molar-refractivity contribution in [2.45, 2.75) is 32.2 Å². The second-order valence-corrected chi connectivity index (χ2v) is 6.37. The minimum atomic E-state index is -0.277. The fraction of sp³-hybridized carbons (Fsp3) is 0.333. The number of aromatic nitrogens is 1. The number of aryl methyl sites for hydroxylation is 1. The molecule has 1 heterocycles. The summed E-state index contributed by atoms with van der Waals surface area (Å²) in [5.41, 5.74) is 0.909. The fourth-order valence-electron chi connectivity index (χ4n) is 2.06. The Labute approximate surface area is 142 Å². The van der Waals surface area contributed by atoms with E-state index >= 15 is 0 Å². The van der Waals surface area contributed by atoms with Crippen molar-refractivity contribution >= 4 is 40.6 Å². The number of nitrogens with zero attached hydrogens (tertiary/aromatic N) is 1. The van der Waals surface area contributed by atoms with Crippen molar-refractivity contribution in [3.8, 4) is 0 Å². The highest BCUT2D eigenvalue weighted by Gasteiger charge is 2.19. The molecule has 1 aromatic heterocycles. The maximum atomic E-state index is 13.1. The predicted octanol–water partition coefficient (Wildman–Crippen LogP) is 4.73. The number of nitrogens with one attached hydrogen (secondary N) is 1. The van der Waals surface area contributed by atoms with E-state index in [9.17, 15) is 9.18 Å². The van der Waals surface area contributed by atoms with Crippen LogP contribution in [0.2, 0.25) is 10.2 Å². The number of halogens is 3. The SMILES string of the molecule is CCC(CCc1cccc(F)c1)NC(=O)c1snc(Cl)c1Cl. The lowest BCUT2D eigenvalue weighted by Crippen LogP contribution is -2.34. The highest BCUT2D eigenvalue weighted by atomic mass is 35.5. The van der Waals surface area contributed by atoms with Gasteiger partial charge >= 0.3 is 0 Å². The number of hydrogen-bond acceptors (Lipinski definition) is 3. The van der Waals surface area contributed by atoms with Gasteiger partial charge in [0.25, 0.3) is 5.91 Å². The largest absolute Gasteiger partial charge is 0.349 e. The molecule has 0 fully saturated rings. The molecule has 0 radical (unpaired) electrons. The molecule has 2 aromatic rings. The fourth-order valence-corrected chi connectivity index (χ4v) is 3.18. The molecule has 1 aromatic carbocycles. The van der Waals surface area contributed by atoms with Crippen molar-refractivity contribution in [1.29, 1.82) is 0 Å². The van der Waals surface area contributed by atoms with Gasteiger partial charge in [-0.3, -0.25) is 4.79 Å². The molecule has 1 atom stereocenters. The van der Waals surface area contributed by atoms with Gasteiger partial charge in [-0.25, -0.2) is 4.39 Å². The molecule has 1 amide bonds. The zero-order valence-electron chi connectivity index (χ0n) is 11.9. The molecule has 0 saturated heterocycles. The summed E-state index contributed by atoms with van der Waals surface area (Å²) < 4.78 is 17.0. The number of carbonyl (C=O) groups excluding carboxylic acids is 1. The normalized spacial score (nSPS) is 12.2.